The summed E-state index contributed by atoms with van der Waals surface area (Å²) in [4.78, 5) is 26.2. The van der Waals surface area contributed by atoms with E-state index in [1.54, 1.807) is 18.0 Å². The lowest BCUT2D eigenvalue weighted by Gasteiger charge is -2.34. The first-order valence-electron chi connectivity index (χ1n) is 11.1. The summed E-state index contributed by atoms with van der Waals surface area (Å²) in [7, 11) is 3.26. The maximum Gasteiger partial charge on any atom is 0.254 e. The summed E-state index contributed by atoms with van der Waals surface area (Å²) in [5, 5.41) is 17.7. The van der Waals surface area contributed by atoms with E-state index in [9.17, 15) is 14.7 Å². The number of amides is 2. The fourth-order valence-electron chi connectivity index (χ4n) is 4.56. The zero-order chi connectivity index (χ0) is 23.1. The Kier molecular flexibility index (Phi) is 7.90. The van der Waals surface area contributed by atoms with E-state index in [1.165, 1.54) is 14.0 Å². The number of carbonyl (C=O) groups is 2. The van der Waals surface area contributed by atoms with Crippen molar-refractivity contribution in [3.05, 3.63) is 47.7 Å². The molecule has 8 nitrogen and oxygen atoms in total. The lowest BCUT2D eigenvalue weighted by atomic mass is 9.74. The Morgan fingerprint density at radius 1 is 1.28 bits per heavy atom. The van der Waals surface area contributed by atoms with E-state index in [1.807, 2.05) is 18.2 Å². The van der Waals surface area contributed by atoms with Gasteiger partial charge in [0.05, 0.1) is 19.3 Å². The van der Waals surface area contributed by atoms with Crippen LogP contribution in [0.2, 0.25) is 0 Å². The Hall–Kier alpha value is -2.87. The largest absolute Gasteiger partial charge is 0.479 e. The first kappa shape index (κ1) is 23.8. The van der Waals surface area contributed by atoms with Crippen LogP contribution in [-0.4, -0.2) is 59.8 Å². The molecule has 1 fully saturated rings. The number of carbonyl (C=O) groups excluding carboxylic acids is 2. The number of aliphatic hydroxyl groups is 1. The summed E-state index contributed by atoms with van der Waals surface area (Å²) in [5.74, 6) is 0.844. The van der Waals surface area contributed by atoms with Gasteiger partial charge in [-0.3, -0.25) is 9.59 Å². The second kappa shape index (κ2) is 10.6. The molecule has 1 saturated carbocycles. The van der Waals surface area contributed by atoms with Crippen molar-refractivity contribution in [2.45, 2.75) is 63.0 Å². The third-order valence-electron chi connectivity index (χ3n) is 6.57. The van der Waals surface area contributed by atoms with Crippen LogP contribution in [0.15, 0.2) is 40.9 Å². The van der Waals surface area contributed by atoms with Crippen molar-refractivity contribution in [3.8, 4) is 5.88 Å². The summed E-state index contributed by atoms with van der Waals surface area (Å²) in [6.07, 6.45) is 2.74. The standard InChI is InChI=1S/C24H33N3O5/c1-17(28)25-16-24(18-7-5-4-6-8-18)13-11-20(21(29)12-14-24)27(2)23(30)10-9-19-15-22(31-3)26-32-19/h4-8,15,20-21,29H,9-14,16H2,1-3H3,(H,25,28)/t20-,21-,24-/m1/s1. The van der Waals surface area contributed by atoms with Gasteiger partial charge in [-0.15, -0.1) is 0 Å². The van der Waals surface area contributed by atoms with Crippen LogP contribution in [0.4, 0.5) is 0 Å². The molecular weight excluding hydrogens is 410 g/mol. The Morgan fingerprint density at radius 2 is 2.00 bits per heavy atom. The summed E-state index contributed by atoms with van der Waals surface area (Å²) in [5.41, 5.74) is 0.873. The van der Waals surface area contributed by atoms with Gasteiger partial charge in [-0.2, -0.15) is 0 Å². The molecule has 1 heterocycles. The number of rotatable bonds is 8. The zero-order valence-corrected chi connectivity index (χ0v) is 19.0. The van der Waals surface area contributed by atoms with Gasteiger partial charge in [-0.25, -0.2) is 0 Å². The predicted octanol–water partition coefficient (Wildman–Crippen LogP) is 2.45. The molecule has 3 rings (SSSR count). The van der Waals surface area contributed by atoms with Crippen LogP contribution in [0.1, 0.15) is 50.4 Å². The molecule has 0 unspecified atom stereocenters. The molecule has 0 spiro atoms. The molecule has 0 aliphatic heterocycles. The minimum absolute atomic E-state index is 0.0570. The number of hydrogen-bond donors (Lipinski definition) is 2. The third kappa shape index (κ3) is 5.68. The van der Waals surface area contributed by atoms with Gasteiger partial charge in [0, 0.05) is 44.8 Å². The zero-order valence-electron chi connectivity index (χ0n) is 19.0. The first-order valence-corrected chi connectivity index (χ1v) is 11.1. The van der Waals surface area contributed by atoms with Gasteiger partial charge in [0.2, 0.25) is 11.8 Å². The summed E-state index contributed by atoms with van der Waals surface area (Å²) in [6, 6.07) is 11.5. The number of hydrogen-bond acceptors (Lipinski definition) is 6. The van der Waals surface area contributed by atoms with E-state index in [4.69, 9.17) is 9.26 Å². The molecule has 2 aromatic rings. The quantitative estimate of drug-likeness (QED) is 0.607. The lowest BCUT2D eigenvalue weighted by Crippen LogP contribution is -2.44. The van der Waals surface area contributed by atoms with Crippen LogP contribution in [-0.2, 0) is 21.4 Å². The van der Waals surface area contributed by atoms with Gasteiger partial charge in [0.15, 0.2) is 0 Å². The minimum Gasteiger partial charge on any atom is -0.479 e. The number of likely N-dealkylation sites (N-methyl/N-ethyl adjacent to an activating group) is 1. The Balaban J connectivity index is 1.69. The molecule has 0 bridgehead atoms. The van der Waals surface area contributed by atoms with Crippen molar-refractivity contribution in [1.82, 2.24) is 15.4 Å². The number of benzene rings is 1. The van der Waals surface area contributed by atoms with Crippen LogP contribution in [0, 0.1) is 0 Å². The van der Waals surface area contributed by atoms with Gasteiger partial charge in [-0.05, 0) is 36.4 Å². The molecule has 1 aliphatic carbocycles. The van der Waals surface area contributed by atoms with E-state index in [-0.39, 0.29) is 29.7 Å². The van der Waals surface area contributed by atoms with E-state index >= 15 is 0 Å². The average Bonchev–Trinajstić information content (AvgIpc) is 3.20. The van der Waals surface area contributed by atoms with Crippen molar-refractivity contribution in [2.75, 3.05) is 20.7 Å². The molecule has 0 radical (unpaired) electrons. The van der Waals surface area contributed by atoms with Crippen LogP contribution in [0.5, 0.6) is 5.88 Å². The van der Waals surface area contributed by atoms with Gasteiger partial charge < -0.3 is 24.6 Å². The average molecular weight is 444 g/mol. The molecule has 1 aromatic carbocycles. The number of methoxy groups -OCH3 is 1. The predicted molar refractivity (Wildman–Crippen MR) is 119 cm³/mol. The van der Waals surface area contributed by atoms with Gasteiger partial charge in [-0.1, -0.05) is 30.3 Å². The molecule has 0 saturated heterocycles. The van der Waals surface area contributed by atoms with Crippen LogP contribution >= 0.6 is 0 Å². The highest BCUT2D eigenvalue weighted by molar-refractivity contribution is 5.76. The molecule has 32 heavy (non-hydrogen) atoms. The number of nitrogens with zero attached hydrogens (tertiary/aromatic N) is 2. The Morgan fingerprint density at radius 3 is 2.66 bits per heavy atom. The van der Waals surface area contributed by atoms with Crippen LogP contribution in [0.3, 0.4) is 0 Å². The van der Waals surface area contributed by atoms with Crippen LogP contribution in [0.25, 0.3) is 0 Å². The highest BCUT2D eigenvalue weighted by Crippen LogP contribution is 2.39. The number of aliphatic hydroxyl groups excluding tert-OH is 1. The normalized spacial score (nSPS) is 23.2. The van der Waals surface area contributed by atoms with Gasteiger partial charge in [0.25, 0.3) is 5.88 Å². The molecule has 8 heteroatoms. The van der Waals surface area contributed by atoms with Crippen molar-refractivity contribution in [3.63, 3.8) is 0 Å². The maximum absolute atomic E-state index is 12.9. The topological polar surface area (TPSA) is 105 Å². The van der Waals surface area contributed by atoms with E-state index < -0.39 is 6.10 Å². The number of aromatic nitrogens is 1. The van der Waals surface area contributed by atoms with Crippen molar-refractivity contribution >= 4 is 11.8 Å². The third-order valence-corrected chi connectivity index (χ3v) is 6.57. The summed E-state index contributed by atoms with van der Waals surface area (Å²) >= 11 is 0. The molecule has 2 amide bonds. The number of aryl methyl sites for hydroxylation is 1. The second-order valence-electron chi connectivity index (χ2n) is 8.61. The first-order chi connectivity index (χ1) is 15.3. The van der Waals surface area contributed by atoms with E-state index in [2.05, 4.69) is 22.6 Å². The fraction of sp³-hybridized carbons (Fsp3) is 0.542. The Labute approximate surface area is 188 Å². The number of ether oxygens (including phenoxy) is 1. The smallest absolute Gasteiger partial charge is 0.254 e. The second-order valence-corrected chi connectivity index (χ2v) is 8.61. The number of nitrogens with one attached hydrogen (secondary N) is 1. The maximum atomic E-state index is 12.9. The summed E-state index contributed by atoms with van der Waals surface area (Å²) in [6.45, 7) is 2.03. The van der Waals surface area contributed by atoms with Gasteiger partial charge in [0.1, 0.15) is 5.76 Å². The monoisotopic (exact) mass is 443 g/mol. The molecule has 1 aliphatic rings. The highest BCUT2D eigenvalue weighted by Gasteiger charge is 2.39. The van der Waals surface area contributed by atoms with Crippen molar-refractivity contribution < 1.29 is 24.0 Å². The molecule has 1 aromatic heterocycles. The highest BCUT2D eigenvalue weighted by atomic mass is 16.5. The van der Waals surface area contributed by atoms with E-state index in [0.29, 0.717) is 37.4 Å². The van der Waals surface area contributed by atoms with Crippen LogP contribution < -0.4 is 10.1 Å². The molecular formula is C24H33N3O5. The van der Waals surface area contributed by atoms with Crippen molar-refractivity contribution in [1.29, 1.82) is 0 Å². The molecule has 3 atom stereocenters. The van der Waals surface area contributed by atoms with E-state index in [0.717, 1.165) is 18.4 Å². The SMILES string of the molecule is COc1cc(CCC(=O)N(C)[C@@H]2CC[C@@](CNC(C)=O)(c3ccccc3)CC[C@H]2O)on1. The summed E-state index contributed by atoms with van der Waals surface area (Å²) < 4.78 is 10.2. The molecule has 174 valence electrons. The fourth-order valence-corrected chi connectivity index (χ4v) is 4.56. The van der Waals surface area contributed by atoms with Crippen molar-refractivity contribution in [2.24, 2.45) is 0 Å². The molecule has 2 N–H and O–H groups in total. The lowest BCUT2D eigenvalue weighted by molar-refractivity contribution is -0.134. The Bertz CT molecular complexity index is 900. The minimum atomic E-state index is -0.628. The van der Waals surface area contributed by atoms with Gasteiger partial charge >= 0.3 is 0 Å².